The van der Waals surface area contributed by atoms with Crippen molar-refractivity contribution >= 4 is 41.3 Å². The smallest absolute Gasteiger partial charge is 0.338 e. The van der Waals surface area contributed by atoms with Crippen LogP contribution < -0.4 is 0 Å². The number of thioether (sulfide) groups is 1. The maximum Gasteiger partial charge on any atom is 0.338 e. The molecule has 5 atom stereocenters. The fourth-order valence-electron chi connectivity index (χ4n) is 3.25. The lowest BCUT2D eigenvalue weighted by Gasteiger charge is -2.42. The van der Waals surface area contributed by atoms with Gasteiger partial charge in [0.15, 0.2) is 12.2 Å². The molecular weight excluding hydrogens is 472 g/mol. The van der Waals surface area contributed by atoms with E-state index in [1.807, 2.05) is 0 Å². The van der Waals surface area contributed by atoms with Crippen LogP contribution in [-0.2, 0) is 23.7 Å². The summed E-state index contributed by atoms with van der Waals surface area (Å²) >= 11 is 6.75. The number of hydrogen-bond donors (Lipinski definition) is 1. The van der Waals surface area contributed by atoms with Gasteiger partial charge < -0.3 is 24.1 Å². The second kappa shape index (κ2) is 12.0. The summed E-state index contributed by atoms with van der Waals surface area (Å²) in [5, 5.41) is 11.0. The number of halogens is 1. The molecule has 33 heavy (non-hydrogen) atoms. The Morgan fingerprint density at radius 1 is 0.939 bits per heavy atom. The summed E-state index contributed by atoms with van der Waals surface area (Å²) in [7, 11) is 0. The fourth-order valence-corrected chi connectivity index (χ4v) is 4.06. The number of hydrogen-bond acceptors (Lipinski definition) is 9. The minimum atomic E-state index is -1.45. The van der Waals surface area contributed by atoms with Crippen molar-refractivity contribution in [1.82, 2.24) is 0 Å². The van der Waals surface area contributed by atoms with Crippen LogP contribution >= 0.6 is 23.4 Å². The number of alkyl halides is 1. The van der Waals surface area contributed by atoms with Gasteiger partial charge in [-0.25, -0.2) is 9.59 Å². The molecule has 0 unspecified atom stereocenters. The van der Waals surface area contributed by atoms with Crippen molar-refractivity contribution in [3.8, 4) is 0 Å². The number of carbonyl (C=O) groups is 3. The van der Waals surface area contributed by atoms with Gasteiger partial charge in [-0.2, -0.15) is 0 Å². The number of aliphatic hydroxyl groups excluding tert-OH is 1. The molecule has 0 aromatic heterocycles. The SMILES string of the molecule is CS[C@@H]1O[C@H](COC(=O)c2ccccc2)[C@H](OC(=O)CCl)[C@H](O)[C@H]1OC(=O)c1ccccc1. The molecular formula is C23H23ClO8S. The molecule has 2 aromatic carbocycles. The Kier molecular flexibility index (Phi) is 9.13. The van der Waals surface area contributed by atoms with E-state index in [0.29, 0.717) is 5.56 Å². The van der Waals surface area contributed by atoms with Crippen LogP contribution in [0.5, 0.6) is 0 Å². The summed E-state index contributed by atoms with van der Waals surface area (Å²) in [6, 6.07) is 16.6. The highest BCUT2D eigenvalue weighted by molar-refractivity contribution is 7.99. The van der Waals surface area contributed by atoms with Crippen LogP contribution in [0.2, 0.25) is 0 Å². The largest absolute Gasteiger partial charge is 0.459 e. The molecule has 10 heteroatoms. The van der Waals surface area contributed by atoms with Gasteiger partial charge in [-0.15, -0.1) is 23.4 Å². The van der Waals surface area contributed by atoms with E-state index in [4.69, 9.17) is 30.5 Å². The Morgan fingerprint density at radius 2 is 1.52 bits per heavy atom. The van der Waals surface area contributed by atoms with Crippen LogP contribution in [0.15, 0.2) is 60.7 Å². The van der Waals surface area contributed by atoms with Gasteiger partial charge in [-0.3, -0.25) is 4.79 Å². The molecule has 0 aliphatic carbocycles. The first-order valence-electron chi connectivity index (χ1n) is 10.0. The Morgan fingerprint density at radius 3 is 2.06 bits per heavy atom. The number of rotatable bonds is 8. The molecule has 0 radical (unpaired) electrons. The van der Waals surface area contributed by atoms with Gasteiger partial charge in [0.25, 0.3) is 0 Å². The van der Waals surface area contributed by atoms with E-state index < -0.39 is 53.6 Å². The Bertz CT molecular complexity index is 940. The molecule has 2 aromatic rings. The Labute approximate surface area is 200 Å². The van der Waals surface area contributed by atoms with Gasteiger partial charge in [0.1, 0.15) is 30.1 Å². The van der Waals surface area contributed by atoms with Crippen LogP contribution in [0.3, 0.4) is 0 Å². The fraction of sp³-hybridized carbons (Fsp3) is 0.348. The van der Waals surface area contributed by atoms with E-state index in [0.717, 1.165) is 0 Å². The van der Waals surface area contributed by atoms with Gasteiger partial charge >= 0.3 is 17.9 Å². The summed E-state index contributed by atoms with van der Waals surface area (Å²) < 4.78 is 22.0. The van der Waals surface area contributed by atoms with Crippen molar-refractivity contribution in [1.29, 1.82) is 0 Å². The lowest BCUT2D eigenvalue weighted by atomic mass is 9.99. The molecule has 1 aliphatic heterocycles. The van der Waals surface area contributed by atoms with Gasteiger partial charge in [0.05, 0.1) is 11.1 Å². The lowest BCUT2D eigenvalue weighted by Crippen LogP contribution is -2.60. The molecule has 1 heterocycles. The van der Waals surface area contributed by atoms with Crippen LogP contribution in [0.1, 0.15) is 20.7 Å². The minimum absolute atomic E-state index is 0.290. The van der Waals surface area contributed by atoms with E-state index in [1.165, 1.54) is 11.8 Å². The molecule has 3 rings (SSSR count). The van der Waals surface area contributed by atoms with Crippen molar-refractivity contribution in [3.05, 3.63) is 71.8 Å². The molecule has 1 fully saturated rings. The highest BCUT2D eigenvalue weighted by atomic mass is 35.5. The second-order valence-corrected chi connectivity index (χ2v) is 8.26. The standard InChI is InChI=1S/C23H23ClO8S/c1-33-23-20(32-22(28)15-10-6-3-7-11-15)18(26)19(31-17(25)12-24)16(30-23)13-29-21(27)14-8-4-2-5-9-14/h2-11,16,18-20,23,26H,12-13H2,1H3/t16-,18+,19+,20-,23+/m1/s1. The van der Waals surface area contributed by atoms with Crippen molar-refractivity contribution in [2.45, 2.75) is 29.9 Å². The first-order valence-corrected chi connectivity index (χ1v) is 11.9. The van der Waals surface area contributed by atoms with Crippen molar-refractivity contribution in [3.63, 3.8) is 0 Å². The molecule has 1 aliphatic rings. The average Bonchev–Trinajstić information content (AvgIpc) is 2.86. The third-order valence-electron chi connectivity index (χ3n) is 4.87. The van der Waals surface area contributed by atoms with Gasteiger partial charge in [0, 0.05) is 0 Å². The summed E-state index contributed by atoms with van der Waals surface area (Å²) in [6.45, 7) is -0.304. The first-order chi connectivity index (χ1) is 15.9. The number of aliphatic hydroxyl groups is 1. The monoisotopic (exact) mass is 494 g/mol. The first kappa shape index (κ1) is 25.0. The van der Waals surface area contributed by atoms with Gasteiger partial charge in [-0.1, -0.05) is 36.4 Å². The van der Waals surface area contributed by atoms with Crippen LogP contribution in [0, 0.1) is 0 Å². The topological polar surface area (TPSA) is 108 Å². The third kappa shape index (κ3) is 6.48. The van der Waals surface area contributed by atoms with Gasteiger partial charge in [0.2, 0.25) is 0 Å². The summed E-state index contributed by atoms with van der Waals surface area (Å²) in [5.41, 5.74) is -0.184. The molecule has 0 bridgehead atoms. The predicted octanol–water partition coefficient (Wildman–Crippen LogP) is 2.67. The van der Waals surface area contributed by atoms with Crippen molar-refractivity contribution in [2.75, 3.05) is 18.7 Å². The number of benzene rings is 2. The van der Waals surface area contributed by atoms with Crippen LogP contribution in [-0.4, -0.2) is 71.6 Å². The molecule has 0 amide bonds. The maximum atomic E-state index is 12.6. The normalized spacial score (nSPS) is 24.5. The Hall–Kier alpha value is -2.59. The molecule has 0 spiro atoms. The van der Waals surface area contributed by atoms with E-state index in [9.17, 15) is 19.5 Å². The van der Waals surface area contributed by atoms with E-state index >= 15 is 0 Å². The van der Waals surface area contributed by atoms with E-state index in [-0.39, 0.29) is 12.2 Å². The molecule has 1 N–H and O–H groups in total. The summed E-state index contributed by atoms with van der Waals surface area (Å²) in [4.78, 5) is 36.8. The Balaban J connectivity index is 1.76. The van der Waals surface area contributed by atoms with Crippen LogP contribution in [0.4, 0.5) is 0 Å². The summed E-state index contributed by atoms with van der Waals surface area (Å²) in [5.74, 6) is -2.53. The summed E-state index contributed by atoms with van der Waals surface area (Å²) in [6.07, 6.45) is -3.18. The molecule has 0 saturated carbocycles. The molecule has 1 saturated heterocycles. The number of esters is 3. The van der Waals surface area contributed by atoms with Crippen molar-refractivity contribution < 1.29 is 38.4 Å². The van der Waals surface area contributed by atoms with Crippen molar-refractivity contribution in [2.24, 2.45) is 0 Å². The lowest BCUT2D eigenvalue weighted by molar-refractivity contribution is -0.219. The third-order valence-corrected chi connectivity index (χ3v) is 5.93. The second-order valence-electron chi connectivity index (χ2n) is 7.06. The zero-order chi connectivity index (χ0) is 23.8. The zero-order valence-electron chi connectivity index (χ0n) is 17.7. The predicted molar refractivity (Wildman–Crippen MR) is 121 cm³/mol. The molecule has 176 valence electrons. The zero-order valence-corrected chi connectivity index (χ0v) is 19.2. The van der Waals surface area contributed by atoms with Gasteiger partial charge in [-0.05, 0) is 30.5 Å². The highest BCUT2D eigenvalue weighted by Crippen LogP contribution is 2.32. The number of carbonyl (C=O) groups excluding carboxylic acids is 3. The minimum Gasteiger partial charge on any atom is -0.459 e. The molecule has 8 nitrogen and oxygen atoms in total. The quantitative estimate of drug-likeness (QED) is 0.336. The average molecular weight is 495 g/mol. The maximum absolute atomic E-state index is 12.6. The van der Waals surface area contributed by atoms with E-state index in [1.54, 1.807) is 66.9 Å². The number of ether oxygens (including phenoxy) is 4. The van der Waals surface area contributed by atoms with Crippen LogP contribution in [0.25, 0.3) is 0 Å². The van der Waals surface area contributed by atoms with E-state index in [2.05, 4.69) is 0 Å². The highest BCUT2D eigenvalue weighted by Gasteiger charge is 2.49.